The summed E-state index contributed by atoms with van der Waals surface area (Å²) in [6.45, 7) is 0.761. The van der Waals surface area contributed by atoms with E-state index in [0.29, 0.717) is 29.2 Å². The van der Waals surface area contributed by atoms with Gasteiger partial charge in [0.1, 0.15) is 0 Å². The second kappa shape index (κ2) is 10.1. The summed E-state index contributed by atoms with van der Waals surface area (Å²) >= 11 is 0. The van der Waals surface area contributed by atoms with Crippen LogP contribution in [0.25, 0.3) is 11.3 Å². The van der Waals surface area contributed by atoms with Crippen LogP contribution in [0.2, 0.25) is 0 Å². The maximum atomic E-state index is 13.0. The number of rotatable bonds is 7. The van der Waals surface area contributed by atoms with Crippen LogP contribution in [0, 0.1) is 5.92 Å². The highest BCUT2D eigenvalue weighted by atomic mass is 19.4. The lowest BCUT2D eigenvalue weighted by molar-refractivity contribution is -0.138. The number of hydrogen-bond acceptors (Lipinski definition) is 8. The molecule has 9 nitrogen and oxygen atoms in total. The molecule has 206 valence electrons. The number of halogens is 3. The first kappa shape index (κ1) is 25.6. The monoisotopic (exact) mass is 541 g/mol. The summed E-state index contributed by atoms with van der Waals surface area (Å²) < 4.78 is 44.8. The molecule has 4 N–H and O–H groups in total. The summed E-state index contributed by atoms with van der Waals surface area (Å²) in [4.78, 5) is 26.1. The Morgan fingerprint density at radius 2 is 1.79 bits per heavy atom. The summed E-state index contributed by atoms with van der Waals surface area (Å²) in [6.07, 6.45) is 5.06. The normalized spacial score (nSPS) is 26.6. The van der Waals surface area contributed by atoms with Crippen LogP contribution in [0.4, 0.5) is 25.1 Å². The van der Waals surface area contributed by atoms with Crippen molar-refractivity contribution >= 4 is 17.9 Å². The van der Waals surface area contributed by atoms with Crippen molar-refractivity contribution in [1.29, 1.82) is 0 Å². The van der Waals surface area contributed by atoms with Crippen LogP contribution in [0.1, 0.15) is 54.4 Å². The average Bonchev–Trinajstić information content (AvgIpc) is 3.66. The van der Waals surface area contributed by atoms with E-state index >= 15 is 0 Å². The van der Waals surface area contributed by atoms with E-state index in [0.717, 1.165) is 63.0 Å². The zero-order valence-corrected chi connectivity index (χ0v) is 21.2. The van der Waals surface area contributed by atoms with Gasteiger partial charge in [-0.3, -0.25) is 4.79 Å². The highest BCUT2D eigenvalue weighted by molar-refractivity contribution is 5.93. The zero-order chi connectivity index (χ0) is 27.1. The van der Waals surface area contributed by atoms with Crippen molar-refractivity contribution in [3.05, 3.63) is 54.0 Å². The van der Waals surface area contributed by atoms with E-state index in [1.165, 1.54) is 0 Å². The summed E-state index contributed by atoms with van der Waals surface area (Å²) in [5.74, 6) is 0.850. The molecular weight excluding hydrogens is 511 g/mol. The van der Waals surface area contributed by atoms with E-state index in [9.17, 15) is 18.0 Å². The molecule has 5 atom stereocenters. The van der Waals surface area contributed by atoms with Crippen molar-refractivity contribution in [3.8, 4) is 11.3 Å². The third-order valence-electron chi connectivity index (χ3n) is 8.14. The van der Waals surface area contributed by atoms with Crippen LogP contribution < -0.4 is 21.3 Å². The Hall–Kier alpha value is -3.67. The molecule has 2 bridgehead atoms. The minimum absolute atomic E-state index is 0.108. The molecule has 6 rings (SSSR count). The summed E-state index contributed by atoms with van der Waals surface area (Å²) in [6, 6.07) is 7.96. The van der Waals surface area contributed by atoms with Crippen LogP contribution >= 0.6 is 0 Å². The Bertz CT molecular complexity index is 1330. The molecule has 3 fully saturated rings. The number of fused-ring (bicyclic) bond motifs is 2. The van der Waals surface area contributed by atoms with Gasteiger partial charge in [0.05, 0.1) is 11.8 Å². The van der Waals surface area contributed by atoms with Crippen molar-refractivity contribution in [1.82, 2.24) is 20.3 Å². The van der Waals surface area contributed by atoms with E-state index in [4.69, 9.17) is 10.2 Å². The second-order valence-electron chi connectivity index (χ2n) is 10.7. The number of oxazole rings is 1. The van der Waals surface area contributed by atoms with Gasteiger partial charge in [-0.25, -0.2) is 15.0 Å². The van der Waals surface area contributed by atoms with Crippen LogP contribution in [0.3, 0.4) is 0 Å². The Kier molecular flexibility index (Phi) is 6.66. The molecule has 1 aliphatic heterocycles. The molecule has 0 unspecified atom stereocenters. The fourth-order valence-electron chi connectivity index (χ4n) is 6.29. The lowest BCUT2D eigenvalue weighted by Crippen LogP contribution is -2.56. The number of nitrogens with one attached hydrogen (secondary N) is 2. The average molecular weight is 542 g/mol. The number of hydrogen-bond donors (Lipinski definition) is 3. The third kappa shape index (κ3) is 5.29. The van der Waals surface area contributed by atoms with Crippen LogP contribution in [0.5, 0.6) is 0 Å². The van der Waals surface area contributed by atoms with Gasteiger partial charge >= 0.3 is 6.18 Å². The van der Waals surface area contributed by atoms with Crippen molar-refractivity contribution in [2.24, 2.45) is 11.7 Å². The zero-order valence-electron chi connectivity index (χ0n) is 21.2. The number of carbonyl (C=O) groups excluding carboxylic acids is 1. The number of anilines is 2. The number of amides is 1. The fourth-order valence-corrected chi connectivity index (χ4v) is 6.29. The molecule has 0 spiro atoms. The SMILES string of the molecule is NC(=O)c1cccc(-c2cnc(N[C@@H]3CCCC[C@H]3N[C@H]3C[C@@H]4C[C@H]3N(c3ncc(C(F)(F)F)cn3)C4)o2)c1. The number of piperidine rings is 1. The van der Waals surface area contributed by atoms with Crippen molar-refractivity contribution < 1.29 is 22.4 Å². The molecule has 2 aliphatic carbocycles. The predicted octanol–water partition coefficient (Wildman–Crippen LogP) is 4.23. The van der Waals surface area contributed by atoms with Gasteiger partial charge in [-0.05, 0) is 43.7 Å². The molecule has 3 aromatic rings. The van der Waals surface area contributed by atoms with Crippen LogP contribution in [-0.2, 0) is 6.18 Å². The van der Waals surface area contributed by atoms with E-state index in [1.54, 1.807) is 24.4 Å². The van der Waals surface area contributed by atoms with E-state index in [-0.39, 0.29) is 24.2 Å². The molecule has 3 aliphatic rings. The van der Waals surface area contributed by atoms with Gasteiger partial charge in [-0.1, -0.05) is 25.0 Å². The standard InChI is InChI=1S/C27H30F3N7O2/c28-27(29,30)18-11-32-25(33-12-18)37-14-15-8-21(22(37)9-15)35-19-6-1-2-7-20(19)36-26-34-13-23(39-26)16-4-3-5-17(10-16)24(31)38/h3-5,10-13,15,19-22,35H,1-2,6-9,14H2,(H2,31,38)(H,34,36)/t15-,19-,20-,21+,22-/m1/s1. The highest BCUT2D eigenvalue weighted by Crippen LogP contribution is 2.40. The summed E-state index contributed by atoms with van der Waals surface area (Å²) in [5.41, 5.74) is 5.69. The molecule has 1 saturated heterocycles. The largest absolute Gasteiger partial charge is 0.424 e. The van der Waals surface area contributed by atoms with Crippen molar-refractivity contribution in [3.63, 3.8) is 0 Å². The number of carbonyl (C=O) groups is 1. The Morgan fingerprint density at radius 1 is 1.03 bits per heavy atom. The van der Waals surface area contributed by atoms with Gasteiger partial charge in [-0.2, -0.15) is 13.2 Å². The van der Waals surface area contributed by atoms with Gasteiger partial charge < -0.3 is 25.7 Å². The molecule has 1 amide bonds. The first-order chi connectivity index (χ1) is 18.7. The van der Waals surface area contributed by atoms with Crippen LogP contribution in [-0.4, -0.2) is 51.6 Å². The topological polar surface area (TPSA) is 122 Å². The molecule has 2 aromatic heterocycles. The first-order valence-electron chi connectivity index (χ1n) is 13.3. The Labute approximate surface area is 223 Å². The molecule has 1 aromatic carbocycles. The van der Waals surface area contributed by atoms with Crippen molar-refractivity contribution in [2.45, 2.75) is 68.9 Å². The maximum Gasteiger partial charge on any atom is 0.419 e. The van der Waals surface area contributed by atoms with Gasteiger partial charge in [0.2, 0.25) is 11.9 Å². The Balaban J connectivity index is 1.12. The predicted molar refractivity (Wildman–Crippen MR) is 138 cm³/mol. The van der Waals surface area contributed by atoms with Crippen LogP contribution in [0.15, 0.2) is 47.3 Å². The van der Waals surface area contributed by atoms with Crippen molar-refractivity contribution in [2.75, 3.05) is 16.8 Å². The fraction of sp³-hybridized carbons (Fsp3) is 0.481. The number of alkyl halides is 3. The number of aromatic nitrogens is 3. The van der Waals surface area contributed by atoms with Gasteiger partial charge in [0.25, 0.3) is 6.01 Å². The van der Waals surface area contributed by atoms with E-state index in [1.807, 2.05) is 6.07 Å². The minimum atomic E-state index is -4.45. The summed E-state index contributed by atoms with van der Waals surface area (Å²) in [7, 11) is 0. The molecular formula is C27H30F3N7O2. The smallest absolute Gasteiger partial charge is 0.419 e. The minimum Gasteiger partial charge on any atom is -0.424 e. The number of nitrogens with zero attached hydrogens (tertiary/aromatic N) is 4. The number of benzene rings is 1. The molecule has 3 heterocycles. The first-order valence-corrected chi connectivity index (χ1v) is 13.3. The summed E-state index contributed by atoms with van der Waals surface area (Å²) in [5, 5.41) is 7.32. The third-order valence-corrected chi connectivity index (χ3v) is 8.14. The number of primary amides is 1. The van der Waals surface area contributed by atoms with E-state index in [2.05, 4.69) is 30.5 Å². The quantitative estimate of drug-likeness (QED) is 0.406. The maximum absolute atomic E-state index is 13.0. The second-order valence-corrected chi connectivity index (χ2v) is 10.7. The molecule has 39 heavy (non-hydrogen) atoms. The Morgan fingerprint density at radius 3 is 2.51 bits per heavy atom. The highest BCUT2D eigenvalue weighted by Gasteiger charge is 2.47. The number of nitrogens with two attached hydrogens (primary N) is 1. The molecule has 12 heteroatoms. The van der Waals surface area contributed by atoms with Gasteiger partial charge in [0.15, 0.2) is 5.76 Å². The van der Waals surface area contributed by atoms with Gasteiger partial charge in [-0.15, -0.1) is 0 Å². The molecule has 0 radical (unpaired) electrons. The molecule has 2 saturated carbocycles. The lowest BCUT2D eigenvalue weighted by atomic mass is 9.89. The van der Waals surface area contributed by atoms with Gasteiger partial charge in [0, 0.05) is 54.2 Å². The lowest BCUT2D eigenvalue weighted by Gasteiger charge is -2.39. The van der Waals surface area contributed by atoms with E-state index < -0.39 is 17.6 Å².